The molecule has 8 nitrogen and oxygen atoms in total. The number of pyridine rings is 2. The third kappa shape index (κ3) is 5.99. The molecule has 4 heterocycles. The summed E-state index contributed by atoms with van der Waals surface area (Å²) in [5.74, 6) is 0.747. The van der Waals surface area contributed by atoms with E-state index >= 15 is 0 Å². The fourth-order valence-corrected chi connectivity index (χ4v) is 4.70. The molecule has 0 unspecified atom stereocenters. The van der Waals surface area contributed by atoms with E-state index in [1.165, 1.54) is 11.3 Å². The van der Waals surface area contributed by atoms with Gasteiger partial charge in [-0.05, 0) is 42.3 Å². The van der Waals surface area contributed by atoms with Crippen molar-refractivity contribution in [2.75, 3.05) is 55.8 Å². The number of anilines is 4. The van der Waals surface area contributed by atoms with Crippen molar-refractivity contribution in [1.82, 2.24) is 19.9 Å². The second kappa shape index (κ2) is 11.2. The zero-order valence-corrected chi connectivity index (χ0v) is 20.5. The average molecular weight is 478 g/mol. The van der Waals surface area contributed by atoms with Gasteiger partial charge in [-0.15, -0.1) is 0 Å². The summed E-state index contributed by atoms with van der Waals surface area (Å²) in [6.07, 6.45) is 9.12. The molecule has 3 N–H and O–H groups in total. The number of methoxy groups -OCH3 is 1. The van der Waals surface area contributed by atoms with Gasteiger partial charge in [-0.2, -0.15) is 0 Å². The number of nitrogen functional groups attached to an aromatic ring is 1. The summed E-state index contributed by atoms with van der Waals surface area (Å²) in [4.78, 5) is 18.0. The van der Waals surface area contributed by atoms with Crippen LogP contribution in [-0.4, -0.2) is 65.8 Å². The van der Waals surface area contributed by atoms with Crippen molar-refractivity contribution in [3.8, 4) is 0 Å². The van der Waals surface area contributed by atoms with E-state index in [0.29, 0.717) is 21.9 Å². The normalized spacial score (nSPS) is 16.8. The molecule has 0 radical (unpaired) electrons. The summed E-state index contributed by atoms with van der Waals surface area (Å²) in [6, 6.07) is 8.37. The van der Waals surface area contributed by atoms with E-state index in [-0.39, 0.29) is 0 Å². The van der Waals surface area contributed by atoms with Crippen LogP contribution >= 0.6 is 11.3 Å². The van der Waals surface area contributed by atoms with Crippen molar-refractivity contribution in [2.24, 2.45) is 0 Å². The lowest BCUT2D eigenvalue weighted by Gasteiger charge is -2.41. The average Bonchev–Trinajstić information content (AvgIpc) is 3.20. The van der Waals surface area contributed by atoms with Crippen LogP contribution in [0.2, 0.25) is 0 Å². The van der Waals surface area contributed by atoms with Gasteiger partial charge in [0.1, 0.15) is 10.8 Å². The standard InChI is InChI=1S/C25H31N7OS/c1-18(20-6-9-27-10-7-20)4-5-22-24(26)34-25(29-22)30-23-16-21(8-11-28-23)32-13-12-31(14-15-33-3)17-19(32)2/h4-11,16,19H,1,12-15,17,26H2,2-3H3,(H,28,29,30)/b5-4-/t19-/m0/s1. The van der Waals surface area contributed by atoms with Gasteiger partial charge in [0.15, 0.2) is 5.13 Å². The molecule has 1 fully saturated rings. The summed E-state index contributed by atoms with van der Waals surface area (Å²) < 4.78 is 5.22. The molecule has 3 aromatic heterocycles. The van der Waals surface area contributed by atoms with Crippen LogP contribution in [0.15, 0.2) is 55.5 Å². The Morgan fingerprint density at radius 3 is 2.88 bits per heavy atom. The number of rotatable bonds is 9. The number of allylic oxidation sites excluding steroid dienone is 2. The smallest absolute Gasteiger partial charge is 0.190 e. The van der Waals surface area contributed by atoms with Gasteiger partial charge >= 0.3 is 0 Å². The maximum Gasteiger partial charge on any atom is 0.190 e. The summed E-state index contributed by atoms with van der Waals surface area (Å²) in [7, 11) is 1.75. The SMILES string of the molecule is C=C(/C=C\c1nc(Nc2cc(N3CCN(CCOC)C[C@@H]3C)ccn2)sc1N)c1ccncc1. The Balaban J connectivity index is 1.41. The Kier molecular flexibility index (Phi) is 7.89. The van der Waals surface area contributed by atoms with Gasteiger partial charge in [0, 0.05) is 69.7 Å². The second-order valence-electron chi connectivity index (χ2n) is 8.22. The zero-order chi connectivity index (χ0) is 23.9. The van der Waals surface area contributed by atoms with Crippen LogP contribution in [0.25, 0.3) is 11.6 Å². The fourth-order valence-electron chi connectivity index (χ4n) is 3.97. The molecule has 178 valence electrons. The van der Waals surface area contributed by atoms with Gasteiger partial charge in [-0.25, -0.2) is 9.97 Å². The number of nitrogens with two attached hydrogens (primary N) is 1. The van der Waals surface area contributed by atoms with E-state index in [2.05, 4.69) is 55.7 Å². The molecule has 0 bridgehead atoms. The predicted octanol–water partition coefficient (Wildman–Crippen LogP) is 4.14. The first kappa shape index (κ1) is 23.9. The lowest BCUT2D eigenvalue weighted by atomic mass is 10.1. The van der Waals surface area contributed by atoms with Gasteiger partial charge < -0.3 is 20.7 Å². The van der Waals surface area contributed by atoms with Crippen LogP contribution in [0.5, 0.6) is 0 Å². The quantitative estimate of drug-likeness (QED) is 0.444. The first-order chi connectivity index (χ1) is 16.5. The van der Waals surface area contributed by atoms with Crippen molar-refractivity contribution >= 4 is 44.6 Å². The van der Waals surface area contributed by atoms with Crippen LogP contribution in [0.1, 0.15) is 18.2 Å². The maximum absolute atomic E-state index is 6.22. The summed E-state index contributed by atoms with van der Waals surface area (Å²) >= 11 is 1.40. The van der Waals surface area contributed by atoms with Gasteiger partial charge in [-0.3, -0.25) is 9.88 Å². The minimum absolute atomic E-state index is 0.404. The first-order valence-corrected chi connectivity index (χ1v) is 12.1. The molecule has 1 atom stereocenters. The summed E-state index contributed by atoms with van der Waals surface area (Å²) in [5.41, 5.74) is 9.95. The summed E-state index contributed by atoms with van der Waals surface area (Å²) in [6.45, 7) is 11.1. The van der Waals surface area contributed by atoms with Crippen molar-refractivity contribution in [1.29, 1.82) is 0 Å². The van der Waals surface area contributed by atoms with Gasteiger partial charge in [0.25, 0.3) is 0 Å². The number of thiazole rings is 1. The largest absolute Gasteiger partial charge is 0.389 e. The molecule has 4 rings (SSSR count). The van der Waals surface area contributed by atoms with E-state index in [1.807, 2.05) is 30.5 Å². The number of nitrogens with zero attached hydrogens (tertiary/aromatic N) is 5. The highest BCUT2D eigenvalue weighted by Crippen LogP contribution is 2.30. The Morgan fingerprint density at radius 1 is 1.29 bits per heavy atom. The molecule has 34 heavy (non-hydrogen) atoms. The predicted molar refractivity (Wildman–Crippen MR) is 141 cm³/mol. The monoisotopic (exact) mass is 477 g/mol. The van der Waals surface area contributed by atoms with Crippen LogP contribution < -0.4 is 16.0 Å². The van der Waals surface area contributed by atoms with Crippen molar-refractivity contribution in [3.05, 3.63) is 66.8 Å². The summed E-state index contributed by atoms with van der Waals surface area (Å²) in [5, 5.41) is 4.65. The molecule has 0 amide bonds. The van der Waals surface area contributed by atoms with E-state index in [4.69, 9.17) is 10.5 Å². The van der Waals surface area contributed by atoms with Crippen molar-refractivity contribution in [3.63, 3.8) is 0 Å². The second-order valence-corrected chi connectivity index (χ2v) is 9.25. The third-order valence-corrected chi connectivity index (χ3v) is 6.62. The van der Waals surface area contributed by atoms with Crippen LogP contribution in [0.4, 0.5) is 21.6 Å². The van der Waals surface area contributed by atoms with Crippen molar-refractivity contribution < 1.29 is 4.74 Å². The molecule has 3 aromatic rings. The van der Waals surface area contributed by atoms with Gasteiger partial charge in [-0.1, -0.05) is 24.0 Å². The minimum Gasteiger partial charge on any atom is -0.389 e. The zero-order valence-electron chi connectivity index (χ0n) is 19.6. The highest BCUT2D eigenvalue weighted by Gasteiger charge is 2.24. The van der Waals surface area contributed by atoms with E-state index in [1.54, 1.807) is 19.5 Å². The van der Waals surface area contributed by atoms with Crippen LogP contribution in [0, 0.1) is 0 Å². The van der Waals surface area contributed by atoms with Crippen LogP contribution in [0.3, 0.4) is 0 Å². The minimum atomic E-state index is 0.404. The molecule has 1 saturated heterocycles. The third-order valence-electron chi connectivity index (χ3n) is 5.81. The molecule has 0 aliphatic carbocycles. The Morgan fingerprint density at radius 2 is 2.12 bits per heavy atom. The number of nitrogens with one attached hydrogen (secondary N) is 1. The molecule has 1 aliphatic rings. The maximum atomic E-state index is 6.22. The molecular weight excluding hydrogens is 446 g/mol. The molecule has 9 heteroatoms. The van der Waals surface area contributed by atoms with E-state index < -0.39 is 0 Å². The first-order valence-electron chi connectivity index (χ1n) is 11.3. The Bertz CT molecular complexity index is 1130. The lowest BCUT2D eigenvalue weighted by molar-refractivity contribution is 0.136. The Hall–Kier alpha value is -3.27. The molecule has 0 spiro atoms. The van der Waals surface area contributed by atoms with E-state index in [0.717, 1.165) is 55.4 Å². The number of hydrogen-bond acceptors (Lipinski definition) is 9. The molecule has 0 saturated carbocycles. The number of ether oxygens (including phenoxy) is 1. The molecular formula is C25H31N7OS. The molecule has 0 aromatic carbocycles. The Labute approximate surface area is 204 Å². The number of aromatic nitrogens is 3. The topological polar surface area (TPSA) is 92.4 Å². The van der Waals surface area contributed by atoms with E-state index in [9.17, 15) is 0 Å². The van der Waals surface area contributed by atoms with Crippen LogP contribution in [-0.2, 0) is 4.74 Å². The highest BCUT2D eigenvalue weighted by atomic mass is 32.1. The lowest BCUT2D eigenvalue weighted by Crippen LogP contribution is -2.52. The number of piperazine rings is 1. The highest BCUT2D eigenvalue weighted by molar-refractivity contribution is 7.19. The van der Waals surface area contributed by atoms with Gasteiger partial charge in [0.2, 0.25) is 0 Å². The van der Waals surface area contributed by atoms with Gasteiger partial charge in [0.05, 0.1) is 12.3 Å². The van der Waals surface area contributed by atoms with Crippen molar-refractivity contribution in [2.45, 2.75) is 13.0 Å². The number of hydrogen-bond donors (Lipinski definition) is 2. The fraction of sp³-hybridized carbons (Fsp3) is 0.320. The molecule has 1 aliphatic heterocycles.